The van der Waals surface area contributed by atoms with Crippen LogP contribution < -0.4 is 0 Å². The van der Waals surface area contributed by atoms with Gasteiger partial charge >= 0.3 is 5.97 Å². The first-order chi connectivity index (χ1) is 5.79. The van der Waals surface area contributed by atoms with Gasteiger partial charge in [0.05, 0.1) is 12.0 Å². The van der Waals surface area contributed by atoms with Crippen molar-refractivity contribution in [2.45, 2.75) is 31.8 Å². The Kier molecular flexibility index (Phi) is 2.05. The summed E-state index contributed by atoms with van der Waals surface area (Å²) in [7, 11) is 0. The lowest BCUT2D eigenvalue weighted by Gasteiger charge is -2.29. The topological polar surface area (TPSA) is 46.5 Å². The molecule has 1 saturated carbocycles. The first-order valence-electron chi connectivity index (χ1n) is 4.63. The second-order valence-electron chi connectivity index (χ2n) is 3.74. The van der Waals surface area contributed by atoms with Gasteiger partial charge in [-0.3, -0.25) is 4.79 Å². The number of carboxylic acid groups (broad SMARTS) is 1. The molecule has 1 N–H and O–H groups in total. The quantitative estimate of drug-likeness (QED) is 0.644. The van der Waals surface area contributed by atoms with Gasteiger partial charge in [0.25, 0.3) is 0 Å². The predicted molar refractivity (Wildman–Crippen MR) is 42.8 cm³/mol. The molecule has 2 rings (SSSR count). The molecule has 1 aliphatic carbocycles. The van der Waals surface area contributed by atoms with Crippen LogP contribution in [0.1, 0.15) is 25.7 Å². The maximum atomic E-state index is 10.8. The fourth-order valence-corrected chi connectivity index (χ4v) is 2.48. The Balaban J connectivity index is 2.08. The zero-order chi connectivity index (χ0) is 8.55. The van der Waals surface area contributed by atoms with Gasteiger partial charge in [0.15, 0.2) is 0 Å². The summed E-state index contributed by atoms with van der Waals surface area (Å²) in [6.07, 6.45) is 4.12. The number of fused-ring (bicyclic) bond motifs is 1. The smallest absolute Gasteiger partial charge is 0.306 e. The van der Waals surface area contributed by atoms with E-state index in [-0.39, 0.29) is 12.0 Å². The van der Waals surface area contributed by atoms with Crippen LogP contribution in [-0.4, -0.2) is 23.8 Å². The van der Waals surface area contributed by atoms with Gasteiger partial charge in [-0.2, -0.15) is 0 Å². The first kappa shape index (κ1) is 8.05. The van der Waals surface area contributed by atoms with Crippen molar-refractivity contribution in [1.82, 2.24) is 0 Å². The van der Waals surface area contributed by atoms with E-state index in [2.05, 4.69) is 0 Å². The summed E-state index contributed by atoms with van der Waals surface area (Å²) in [6.45, 7) is 0.763. The van der Waals surface area contributed by atoms with Gasteiger partial charge in [0.1, 0.15) is 0 Å². The third kappa shape index (κ3) is 1.22. The molecule has 12 heavy (non-hydrogen) atoms. The molecule has 0 bridgehead atoms. The van der Waals surface area contributed by atoms with Crippen LogP contribution >= 0.6 is 0 Å². The summed E-state index contributed by atoms with van der Waals surface area (Å²) in [5.74, 6) is -0.460. The van der Waals surface area contributed by atoms with Crippen LogP contribution in [0.3, 0.4) is 0 Å². The SMILES string of the molecule is O=C(O)C1CCCC2OCCC21. The number of carbonyl (C=O) groups is 1. The molecule has 3 heteroatoms. The van der Waals surface area contributed by atoms with Crippen molar-refractivity contribution in [2.24, 2.45) is 11.8 Å². The Morgan fingerprint density at radius 1 is 1.33 bits per heavy atom. The molecule has 0 aromatic rings. The van der Waals surface area contributed by atoms with Crippen LogP contribution in [0.4, 0.5) is 0 Å². The molecule has 2 aliphatic rings. The van der Waals surface area contributed by atoms with E-state index in [1.165, 1.54) is 0 Å². The molecule has 0 aromatic heterocycles. The highest BCUT2D eigenvalue weighted by Gasteiger charge is 2.40. The molecule has 3 nitrogen and oxygen atoms in total. The molecular formula is C9H14O3. The number of rotatable bonds is 1. The van der Waals surface area contributed by atoms with Gasteiger partial charge in [-0.1, -0.05) is 0 Å². The highest BCUT2D eigenvalue weighted by molar-refractivity contribution is 5.70. The van der Waals surface area contributed by atoms with Crippen molar-refractivity contribution in [3.63, 3.8) is 0 Å². The van der Waals surface area contributed by atoms with E-state index in [4.69, 9.17) is 9.84 Å². The zero-order valence-electron chi connectivity index (χ0n) is 7.03. The Morgan fingerprint density at radius 3 is 2.92 bits per heavy atom. The molecule has 1 heterocycles. The third-order valence-corrected chi connectivity index (χ3v) is 3.10. The maximum absolute atomic E-state index is 10.8. The highest BCUT2D eigenvalue weighted by atomic mass is 16.5. The molecule has 0 spiro atoms. The van der Waals surface area contributed by atoms with Gasteiger partial charge in [-0.05, 0) is 25.7 Å². The monoisotopic (exact) mass is 170 g/mol. The summed E-state index contributed by atoms with van der Waals surface area (Å²) in [5.41, 5.74) is 0. The van der Waals surface area contributed by atoms with Crippen LogP contribution in [0, 0.1) is 11.8 Å². The molecule has 3 unspecified atom stereocenters. The summed E-state index contributed by atoms with van der Waals surface area (Å²) < 4.78 is 5.47. The second kappa shape index (κ2) is 3.05. The molecule has 3 atom stereocenters. The molecular weight excluding hydrogens is 156 g/mol. The average Bonchev–Trinajstić information content (AvgIpc) is 2.49. The fourth-order valence-electron chi connectivity index (χ4n) is 2.48. The molecule has 0 radical (unpaired) electrons. The number of aliphatic carboxylic acids is 1. The van der Waals surface area contributed by atoms with Crippen LogP contribution in [-0.2, 0) is 9.53 Å². The Hall–Kier alpha value is -0.570. The number of hydrogen-bond acceptors (Lipinski definition) is 2. The second-order valence-corrected chi connectivity index (χ2v) is 3.74. The van der Waals surface area contributed by atoms with Crippen molar-refractivity contribution in [3.8, 4) is 0 Å². The van der Waals surface area contributed by atoms with E-state index in [0.717, 1.165) is 32.3 Å². The molecule has 0 aromatic carbocycles. The van der Waals surface area contributed by atoms with E-state index >= 15 is 0 Å². The fraction of sp³-hybridized carbons (Fsp3) is 0.889. The van der Waals surface area contributed by atoms with E-state index < -0.39 is 5.97 Å². The number of carboxylic acids is 1. The van der Waals surface area contributed by atoms with Crippen LogP contribution in [0.5, 0.6) is 0 Å². The minimum Gasteiger partial charge on any atom is -0.481 e. The van der Waals surface area contributed by atoms with Crippen molar-refractivity contribution < 1.29 is 14.6 Å². The van der Waals surface area contributed by atoms with Crippen molar-refractivity contribution in [1.29, 1.82) is 0 Å². The number of ether oxygens (including phenoxy) is 1. The first-order valence-corrected chi connectivity index (χ1v) is 4.63. The molecule has 0 amide bonds. The lowest BCUT2D eigenvalue weighted by molar-refractivity contribution is -0.146. The Morgan fingerprint density at radius 2 is 2.17 bits per heavy atom. The maximum Gasteiger partial charge on any atom is 0.306 e. The normalized spacial score (nSPS) is 40.8. The predicted octanol–water partition coefficient (Wildman–Crippen LogP) is 1.28. The summed E-state index contributed by atoms with van der Waals surface area (Å²) in [6, 6.07) is 0. The molecule has 1 aliphatic heterocycles. The Labute approximate surface area is 71.7 Å². The van der Waals surface area contributed by atoms with Crippen LogP contribution in [0.15, 0.2) is 0 Å². The highest BCUT2D eigenvalue weighted by Crippen LogP contribution is 2.38. The number of hydrogen-bond donors (Lipinski definition) is 1. The lowest BCUT2D eigenvalue weighted by atomic mass is 9.77. The van der Waals surface area contributed by atoms with Gasteiger partial charge in [0.2, 0.25) is 0 Å². The largest absolute Gasteiger partial charge is 0.481 e. The standard InChI is InChI=1S/C9H14O3/c10-9(11)7-2-1-3-8-6(7)4-5-12-8/h6-8H,1-5H2,(H,10,11). The molecule has 2 fully saturated rings. The van der Waals surface area contributed by atoms with Crippen molar-refractivity contribution >= 4 is 5.97 Å². The summed E-state index contributed by atoms with van der Waals surface area (Å²) in [5, 5.41) is 8.93. The summed E-state index contributed by atoms with van der Waals surface area (Å²) >= 11 is 0. The molecule has 68 valence electrons. The van der Waals surface area contributed by atoms with E-state index in [0.29, 0.717) is 5.92 Å². The van der Waals surface area contributed by atoms with Gasteiger partial charge in [-0.15, -0.1) is 0 Å². The Bertz CT molecular complexity index is 190. The van der Waals surface area contributed by atoms with Gasteiger partial charge in [0, 0.05) is 12.5 Å². The van der Waals surface area contributed by atoms with Gasteiger partial charge in [-0.25, -0.2) is 0 Å². The zero-order valence-corrected chi connectivity index (χ0v) is 7.03. The third-order valence-electron chi connectivity index (χ3n) is 3.10. The van der Waals surface area contributed by atoms with Crippen molar-refractivity contribution in [3.05, 3.63) is 0 Å². The lowest BCUT2D eigenvalue weighted by Crippen LogP contribution is -2.33. The van der Waals surface area contributed by atoms with E-state index in [1.807, 2.05) is 0 Å². The van der Waals surface area contributed by atoms with E-state index in [9.17, 15) is 4.79 Å². The summed E-state index contributed by atoms with van der Waals surface area (Å²) in [4.78, 5) is 10.8. The average molecular weight is 170 g/mol. The van der Waals surface area contributed by atoms with Crippen molar-refractivity contribution in [2.75, 3.05) is 6.61 Å². The molecule has 1 saturated heterocycles. The minimum atomic E-state index is -0.629. The minimum absolute atomic E-state index is 0.133. The van der Waals surface area contributed by atoms with Gasteiger partial charge < -0.3 is 9.84 Å². The van der Waals surface area contributed by atoms with E-state index in [1.54, 1.807) is 0 Å². The van der Waals surface area contributed by atoms with Crippen LogP contribution in [0.25, 0.3) is 0 Å². The van der Waals surface area contributed by atoms with Crippen LogP contribution in [0.2, 0.25) is 0 Å².